The third-order valence-electron chi connectivity index (χ3n) is 8.45. The fraction of sp³-hybridized carbons (Fsp3) is 0.485. The van der Waals surface area contributed by atoms with Gasteiger partial charge in [0.05, 0.1) is 23.6 Å². The molecule has 9 heteroatoms. The van der Waals surface area contributed by atoms with Crippen LogP contribution in [-0.2, 0) is 21.2 Å². The Balaban J connectivity index is 0.000000211. The topological polar surface area (TPSA) is 111 Å². The van der Waals surface area contributed by atoms with Gasteiger partial charge in [-0.05, 0) is 74.9 Å². The summed E-state index contributed by atoms with van der Waals surface area (Å²) in [6.07, 6.45) is 11.1. The number of aliphatic hydroxyl groups is 1. The maximum atomic E-state index is 11.8. The van der Waals surface area contributed by atoms with Gasteiger partial charge < -0.3 is 15.3 Å². The molecule has 1 amide bonds. The van der Waals surface area contributed by atoms with Crippen molar-refractivity contribution in [2.75, 3.05) is 29.5 Å². The number of carbonyl (C=O) groups excluding carboxylic acids is 1. The zero-order valence-corrected chi connectivity index (χ0v) is 25.4. The van der Waals surface area contributed by atoms with Crippen molar-refractivity contribution in [1.29, 1.82) is 5.26 Å². The van der Waals surface area contributed by atoms with E-state index in [9.17, 15) is 14.1 Å². The molecule has 1 aliphatic heterocycles. The first-order valence-electron chi connectivity index (χ1n) is 15.0. The summed E-state index contributed by atoms with van der Waals surface area (Å²) in [7, 11) is -0.660. The number of aromatic nitrogens is 2. The molecule has 1 aromatic heterocycles. The monoisotopic (exact) mass is 587 g/mol. The van der Waals surface area contributed by atoms with Crippen LogP contribution < -0.4 is 10.2 Å². The Labute approximate surface area is 251 Å². The van der Waals surface area contributed by atoms with Crippen molar-refractivity contribution in [2.45, 2.75) is 69.9 Å². The third kappa shape index (κ3) is 7.47. The molecule has 2 saturated carbocycles. The molecule has 1 saturated heterocycles. The summed E-state index contributed by atoms with van der Waals surface area (Å²) >= 11 is 0. The van der Waals surface area contributed by atoms with Gasteiger partial charge in [0.1, 0.15) is 5.54 Å². The zero-order valence-electron chi connectivity index (χ0n) is 24.6. The van der Waals surface area contributed by atoms with Crippen molar-refractivity contribution in [1.82, 2.24) is 15.1 Å². The normalized spacial score (nSPS) is 18.9. The molecule has 3 aromatic rings. The molecule has 0 unspecified atom stereocenters. The van der Waals surface area contributed by atoms with Crippen LogP contribution >= 0.6 is 0 Å². The van der Waals surface area contributed by atoms with Crippen molar-refractivity contribution in [3.63, 3.8) is 0 Å². The Morgan fingerprint density at radius 1 is 1.05 bits per heavy atom. The van der Waals surface area contributed by atoms with Gasteiger partial charge in [0.2, 0.25) is 5.91 Å². The van der Waals surface area contributed by atoms with E-state index in [4.69, 9.17) is 5.26 Å². The second kappa shape index (κ2) is 12.8. The summed E-state index contributed by atoms with van der Waals surface area (Å²) in [6, 6.07) is 18.4. The van der Waals surface area contributed by atoms with Crippen LogP contribution in [0.5, 0.6) is 0 Å². The molecule has 0 radical (unpaired) electrons. The van der Waals surface area contributed by atoms with Gasteiger partial charge >= 0.3 is 0 Å². The fourth-order valence-corrected chi connectivity index (χ4v) is 6.55. The predicted octanol–water partition coefficient (Wildman–Crippen LogP) is 5.07. The summed E-state index contributed by atoms with van der Waals surface area (Å²) in [6.45, 7) is 5.26. The third-order valence-corrected chi connectivity index (χ3v) is 9.72. The van der Waals surface area contributed by atoms with E-state index in [1.165, 1.54) is 12.1 Å². The molecule has 0 bridgehead atoms. The van der Waals surface area contributed by atoms with Gasteiger partial charge in [0.25, 0.3) is 0 Å². The Morgan fingerprint density at radius 3 is 2.36 bits per heavy atom. The molecule has 2 aliphatic carbocycles. The van der Waals surface area contributed by atoms with Crippen molar-refractivity contribution < 1.29 is 14.1 Å². The number of nitrogens with one attached hydrogen (secondary N) is 1. The molecule has 222 valence electrons. The van der Waals surface area contributed by atoms with Crippen LogP contribution in [0.1, 0.15) is 64.4 Å². The number of nitrogens with zero attached hydrogens (tertiary/aromatic N) is 4. The Morgan fingerprint density at radius 2 is 1.74 bits per heavy atom. The van der Waals surface area contributed by atoms with Crippen molar-refractivity contribution in [2.24, 2.45) is 5.92 Å². The van der Waals surface area contributed by atoms with Gasteiger partial charge in [-0.2, -0.15) is 10.4 Å². The van der Waals surface area contributed by atoms with Crippen LogP contribution in [-0.4, -0.2) is 55.1 Å². The number of nitriles is 1. The number of hydrogen-bond acceptors (Lipinski definition) is 6. The minimum Gasteiger partial charge on any atom is -0.386 e. The summed E-state index contributed by atoms with van der Waals surface area (Å²) < 4.78 is 13.4. The SMILES string of the molecule is CC(C)(O)c1cccc(-n2cc(-c3ccc(N4CCS(=O)CC4)cc3)cn2)c1.N#CC1(NC(=O)C2CCCCC2)CC1. The highest BCUT2D eigenvalue weighted by molar-refractivity contribution is 7.85. The highest BCUT2D eigenvalue weighted by Gasteiger charge is 2.45. The summed E-state index contributed by atoms with van der Waals surface area (Å²) in [5.41, 5.74) is 3.73. The number of anilines is 1. The van der Waals surface area contributed by atoms with Gasteiger partial charge in [-0.1, -0.05) is 43.5 Å². The number of rotatable bonds is 6. The standard InChI is InChI=1S/C22H25N3O2S.C11H16N2O/c1-22(2,26)19-4-3-5-21(14-19)25-16-18(15-23-25)17-6-8-20(9-7-17)24-10-12-28(27)13-11-24;12-8-11(6-7-11)13-10(14)9-4-2-1-3-5-9/h3-9,14-16,26H,10-13H2,1-2H3;9H,1-7H2,(H,13,14). The number of benzene rings is 2. The first kappa shape index (κ1) is 30.0. The summed E-state index contributed by atoms with van der Waals surface area (Å²) in [5, 5.41) is 26.5. The molecule has 2 heterocycles. The molecule has 42 heavy (non-hydrogen) atoms. The lowest BCUT2D eigenvalue weighted by Gasteiger charge is -2.28. The molecule has 6 rings (SSSR count). The van der Waals surface area contributed by atoms with Crippen LogP contribution in [0.15, 0.2) is 60.9 Å². The van der Waals surface area contributed by atoms with Crippen LogP contribution in [0.4, 0.5) is 5.69 Å². The number of carbonyl (C=O) groups is 1. The molecule has 0 spiro atoms. The van der Waals surface area contributed by atoms with Gasteiger partial charge in [-0.25, -0.2) is 4.68 Å². The van der Waals surface area contributed by atoms with Crippen LogP contribution in [0.25, 0.3) is 16.8 Å². The van der Waals surface area contributed by atoms with Gasteiger partial charge in [0.15, 0.2) is 0 Å². The lowest BCUT2D eigenvalue weighted by molar-refractivity contribution is -0.126. The van der Waals surface area contributed by atoms with Gasteiger partial charge in [-0.15, -0.1) is 0 Å². The highest BCUT2D eigenvalue weighted by atomic mass is 32.2. The fourth-order valence-electron chi connectivity index (χ4n) is 5.50. The molecule has 2 N–H and O–H groups in total. The van der Waals surface area contributed by atoms with Gasteiger partial charge in [-0.3, -0.25) is 9.00 Å². The van der Waals surface area contributed by atoms with Crippen molar-refractivity contribution >= 4 is 22.4 Å². The molecule has 3 aliphatic rings. The lowest BCUT2D eigenvalue weighted by atomic mass is 9.88. The first-order chi connectivity index (χ1) is 20.2. The van der Waals surface area contributed by atoms with E-state index in [1.54, 1.807) is 13.8 Å². The quantitative estimate of drug-likeness (QED) is 0.416. The summed E-state index contributed by atoms with van der Waals surface area (Å²) in [5.74, 6) is 1.79. The smallest absolute Gasteiger partial charge is 0.224 e. The minimum atomic E-state index is -0.886. The molecule has 3 fully saturated rings. The van der Waals surface area contributed by atoms with E-state index < -0.39 is 21.9 Å². The highest BCUT2D eigenvalue weighted by Crippen LogP contribution is 2.35. The number of amides is 1. The van der Waals surface area contributed by atoms with Crippen molar-refractivity contribution in [3.05, 3.63) is 66.5 Å². The zero-order chi connectivity index (χ0) is 29.7. The first-order valence-corrected chi connectivity index (χ1v) is 16.5. The van der Waals surface area contributed by atoms with E-state index >= 15 is 0 Å². The van der Waals surface area contributed by atoms with E-state index in [1.807, 2.05) is 41.3 Å². The minimum absolute atomic E-state index is 0.115. The van der Waals surface area contributed by atoms with E-state index in [2.05, 4.69) is 45.7 Å². The molecule has 2 aromatic carbocycles. The maximum Gasteiger partial charge on any atom is 0.224 e. The van der Waals surface area contributed by atoms with E-state index in [0.29, 0.717) is 0 Å². The average molecular weight is 588 g/mol. The van der Waals surface area contributed by atoms with E-state index in [0.717, 1.165) is 85.5 Å². The molecular weight excluding hydrogens is 546 g/mol. The molecule has 8 nitrogen and oxygen atoms in total. The Kier molecular flexibility index (Phi) is 9.14. The van der Waals surface area contributed by atoms with Gasteiger partial charge in [0, 0.05) is 58.8 Å². The average Bonchev–Trinajstić information content (AvgIpc) is 3.60. The molecule has 0 atom stereocenters. The number of hydrogen-bond donors (Lipinski definition) is 2. The lowest BCUT2D eigenvalue weighted by Crippen LogP contribution is -2.40. The van der Waals surface area contributed by atoms with Crippen molar-refractivity contribution in [3.8, 4) is 22.9 Å². The maximum absolute atomic E-state index is 11.8. The predicted molar refractivity (Wildman–Crippen MR) is 167 cm³/mol. The summed E-state index contributed by atoms with van der Waals surface area (Å²) in [4.78, 5) is 14.0. The van der Waals surface area contributed by atoms with Crippen LogP contribution in [0.2, 0.25) is 0 Å². The van der Waals surface area contributed by atoms with Crippen LogP contribution in [0, 0.1) is 17.2 Å². The van der Waals surface area contributed by atoms with E-state index in [-0.39, 0.29) is 11.8 Å². The van der Waals surface area contributed by atoms with Crippen LogP contribution in [0.3, 0.4) is 0 Å². The Hall–Kier alpha value is -3.48. The second-order valence-electron chi connectivity index (χ2n) is 12.2. The Bertz CT molecular complexity index is 1430. The largest absolute Gasteiger partial charge is 0.386 e. The second-order valence-corrected chi connectivity index (χ2v) is 13.9. The molecular formula is C33H41N5O3S.